The molecule has 2 heteroatoms. The van der Waals surface area contributed by atoms with Gasteiger partial charge in [-0.25, -0.2) is 0 Å². The van der Waals surface area contributed by atoms with E-state index >= 15 is 0 Å². The van der Waals surface area contributed by atoms with Crippen LogP contribution in [0.15, 0.2) is 54.6 Å². The lowest BCUT2D eigenvalue weighted by atomic mass is 10.1. The van der Waals surface area contributed by atoms with Crippen LogP contribution in [0, 0.1) is 0 Å². The smallest absolute Gasteiger partial charge is 0.0460 e. The second kappa shape index (κ2) is 7.32. The molecule has 2 aromatic rings. The number of alkyl halides is 1. The Kier molecular flexibility index (Phi) is 5.44. The van der Waals surface area contributed by atoms with E-state index in [4.69, 9.17) is 11.6 Å². The van der Waals surface area contributed by atoms with Gasteiger partial charge in [-0.1, -0.05) is 61.5 Å². The van der Waals surface area contributed by atoms with Crippen molar-refractivity contribution < 1.29 is 0 Å². The Hall–Kier alpha value is -1.31. The minimum absolute atomic E-state index is 0.203. The summed E-state index contributed by atoms with van der Waals surface area (Å²) in [5, 5.41) is 3.51. The van der Waals surface area contributed by atoms with Gasteiger partial charge in [0.2, 0.25) is 0 Å². The monoisotopic (exact) mass is 273 g/mol. The average molecular weight is 274 g/mol. The topological polar surface area (TPSA) is 12.0 Å². The SMILES string of the molecule is CCc1ccc(CNC(CCl)c2ccccc2)cc1. The molecule has 1 unspecified atom stereocenters. The van der Waals surface area contributed by atoms with Gasteiger partial charge in [-0.15, -0.1) is 11.6 Å². The van der Waals surface area contributed by atoms with Crippen molar-refractivity contribution in [1.82, 2.24) is 5.32 Å². The van der Waals surface area contributed by atoms with Gasteiger partial charge in [0, 0.05) is 18.5 Å². The molecule has 0 radical (unpaired) electrons. The summed E-state index contributed by atoms with van der Waals surface area (Å²) < 4.78 is 0. The first-order chi connectivity index (χ1) is 9.33. The van der Waals surface area contributed by atoms with Crippen LogP contribution in [-0.2, 0) is 13.0 Å². The molecular formula is C17H20ClN. The Morgan fingerprint density at radius 1 is 0.947 bits per heavy atom. The summed E-state index contributed by atoms with van der Waals surface area (Å²) in [6.45, 7) is 3.02. The summed E-state index contributed by atoms with van der Waals surface area (Å²) >= 11 is 6.05. The molecule has 0 saturated carbocycles. The number of benzene rings is 2. The first kappa shape index (κ1) is 14.1. The predicted octanol–water partition coefficient (Wildman–Crippen LogP) is 4.32. The second-order valence-electron chi connectivity index (χ2n) is 4.67. The lowest BCUT2D eigenvalue weighted by molar-refractivity contribution is 0.579. The Balaban J connectivity index is 1.96. The molecule has 2 aromatic carbocycles. The summed E-state index contributed by atoms with van der Waals surface area (Å²) in [7, 11) is 0. The lowest BCUT2D eigenvalue weighted by Gasteiger charge is -2.16. The van der Waals surface area contributed by atoms with Gasteiger partial charge in [-0.3, -0.25) is 0 Å². The van der Waals surface area contributed by atoms with Crippen molar-refractivity contribution in [2.75, 3.05) is 5.88 Å². The number of hydrogen-bond acceptors (Lipinski definition) is 1. The number of halogens is 1. The van der Waals surface area contributed by atoms with E-state index in [2.05, 4.69) is 48.6 Å². The Morgan fingerprint density at radius 3 is 2.16 bits per heavy atom. The predicted molar refractivity (Wildman–Crippen MR) is 82.6 cm³/mol. The normalized spacial score (nSPS) is 12.3. The van der Waals surface area contributed by atoms with E-state index in [-0.39, 0.29) is 6.04 Å². The highest BCUT2D eigenvalue weighted by Gasteiger charge is 2.08. The molecule has 2 rings (SSSR count). The van der Waals surface area contributed by atoms with E-state index in [9.17, 15) is 0 Å². The van der Waals surface area contributed by atoms with Gasteiger partial charge in [0.25, 0.3) is 0 Å². The highest BCUT2D eigenvalue weighted by Crippen LogP contribution is 2.15. The molecule has 1 nitrogen and oxygen atoms in total. The van der Waals surface area contributed by atoms with Crippen molar-refractivity contribution in [3.63, 3.8) is 0 Å². The first-order valence-electron chi connectivity index (χ1n) is 6.75. The van der Waals surface area contributed by atoms with Crippen LogP contribution in [0.5, 0.6) is 0 Å². The minimum atomic E-state index is 0.203. The third kappa shape index (κ3) is 4.09. The summed E-state index contributed by atoms with van der Waals surface area (Å²) in [5.41, 5.74) is 3.91. The molecule has 0 aliphatic rings. The molecular weight excluding hydrogens is 254 g/mol. The molecule has 19 heavy (non-hydrogen) atoms. The van der Waals surface area contributed by atoms with Crippen LogP contribution in [0.4, 0.5) is 0 Å². The largest absolute Gasteiger partial charge is 0.305 e. The van der Waals surface area contributed by atoms with E-state index < -0.39 is 0 Å². The van der Waals surface area contributed by atoms with Gasteiger partial charge in [0.05, 0.1) is 0 Å². The van der Waals surface area contributed by atoms with Gasteiger partial charge < -0.3 is 5.32 Å². The van der Waals surface area contributed by atoms with Crippen LogP contribution >= 0.6 is 11.6 Å². The third-order valence-corrected chi connectivity index (χ3v) is 3.65. The summed E-state index contributed by atoms with van der Waals surface area (Å²) in [5.74, 6) is 0.580. The maximum absolute atomic E-state index is 6.05. The number of hydrogen-bond donors (Lipinski definition) is 1. The van der Waals surface area contributed by atoms with E-state index in [1.165, 1.54) is 16.7 Å². The quantitative estimate of drug-likeness (QED) is 0.773. The van der Waals surface area contributed by atoms with E-state index in [1.54, 1.807) is 0 Å². The van der Waals surface area contributed by atoms with E-state index in [0.29, 0.717) is 5.88 Å². The van der Waals surface area contributed by atoms with Crippen molar-refractivity contribution in [2.24, 2.45) is 0 Å². The van der Waals surface area contributed by atoms with Gasteiger partial charge >= 0.3 is 0 Å². The van der Waals surface area contributed by atoms with Crippen molar-refractivity contribution in [3.05, 3.63) is 71.3 Å². The summed E-state index contributed by atoms with van der Waals surface area (Å²) in [6.07, 6.45) is 1.09. The molecule has 0 heterocycles. The molecule has 0 bridgehead atoms. The minimum Gasteiger partial charge on any atom is -0.305 e. The Morgan fingerprint density at radius 2 is 1.58 bits per heavy atom. The number of nitrogens with one attached hydrogen (secondary N) is 1. The van der Waals surface area contributed by atoms with Crippen molar-refractivity contribution in [1.29, 1.82) is 0 Å². The maximum Gasteiger partial charge on any atom is 0.0460 e. The van der Waals surface area contributed by atoms with Crippen LogP contribution < -0.4 is 5.32 Å². The van der Waals surface area contributed by atoms with Crippen LogP contribution in [-0.4, -0.2) is 5.88 Å². The molecule has 0 spiro atoms. The van der Waals surface area contributed by atoms with Gasteiger partial charge in [-0.05, 0) is 23.1 Å². The standard InChI is InChI=1S/C17H20ClN/c1-2-14-8-10-15(11-9-14)13-19-17(12-18)16-6-4-3-5-7-16/h3-11,17,19H,2,12-13H2,1H3. The molecule has 1 atom stereocenters. The van der Waals surface area contributed by atoms with Crippen molar-refractivity contribution in [2.45, 2.75) is 25.9 Å². The zero-order valence-corrected chi connectivity index (χ0v) is 12.0. The Labute approximate surface area is 120 Å². The maximum atomic E-state index is 6.05. The van der Waals surface area contributed by atoms with Crippen molar-refractivity contribution in [3.8, 4) is 0 Å². The Bertz CT molecular complexity index is 478. The second-order valence-corrected chi connectivity index (χ2v) is 4.98. The fourth-order valence-electron chi connectivity index (χ4n) is 2.08. The summed E-state index contributed by atoms with van der Waals surface area (Å²) in [6, 6.07) is 19.3. The average Bonchev–Trinajstić information content (AvgIpc) is 2.49. The molecule has 0 aromatic heterocycles. The highest BCUT2D eigenvalue weighted by atomic mass is 35.5. The molecule has 0 amide bonds. The van der Waals surface area contributed by atoms with Crippen molar-refractivity contribution >= 4 is 11.6 Å². The molecule has 0 aliphatic heterocycles. The summed E-state index contributed by atoms with van der Waals surface area (Å²) in [4.78, 5) is 0. The van der Waals surface area contributed by atoms with Gasteiger partial charge in [0.1, 0.15) is 0 Å². The van der Waals surface area contributed by atoms with E-state index in [0.717, 1.165) is 13.0 Å². The third-order valence-electron chi connectivity index (χ3n) is 3.34. The van der Waals surface area contributed by atoms with Crippen LogP contribution in [0.25, 0.3) is 0 Å². The fraction of sp³-hybridized carbons (Fsp3) is 0.294. The van der Waals surface area contributed by atoms with Gasteiger partial charge in [-0.2, -0.15) is 0 Å². The highest BCUT2D eigenvalue weighted by molar-refractivity contribution is 6.18. The zero-order valence-electron chi connectivity index (χ0n) is 11.3. The molecule has 0 fully saturated rings. The fourth-order valence-corrected chi connectivity index (χ4v) is 2.37. The molecule has 0 aliphatic carbocycles. The number of aryl methyl sites for hydroxylation is 1. The molecule has 1 N–H and O–H groups in total. The molecule has 100 valence electrons. The number of rotatable bonds is 6. The zero-order chi connectivity index (χ0) is 13.5. The van der Waals surface area contributed by atoms with E-state index in [1.807, 2.05) is 18.2 Å². The molecule has 0 saturated heterocycles. The van der Waals surface area contributed by atoms with Crippen LogP contribution in [0.1, 0.15) is 29.7 Å². The van der Waals surface area contributed by atoms with Crippen LogP contribution in [0.2, 0.25) is 0 Å². The van der Waals surface area contributed by atoms with Crippen LogP contribution in [0.3, 0.4) is 0 Å². The lowest BCUT2D eigenvalue weighted by Crippen LogP contribution is -2.22. The van der Waals surface area contributed by atoms with Gasteiger partial charge in [0.15, 0.2) is 0 Å². The first-order valence-corrected chi connectivity index (χ1v) is 7.29.